The molecule has 4 N–H and O–H groups in total. The number of phenolic OH excluding ortho intramolecular Hbond substituents is 1. The molecule has 0 amide bonds. The number of nitrogens with two attached hydrogens (primary N) is 1. The number of carbonyl (C=O) groups is 1. The Morgan fingerprint density at radius 1 is 1.21 bits per heavy atom. The van der Waals surface area contributed by atoms with Gasteiger partial charge >= 0.3 is 5.97 Å². The predicted molar refractivity (Wildman–Crippen MR) is 104 cm³/mol. The number of phenols is 1. The first-order valence-corrected chi connectivity index (χ1v) is 10.4. The van der Waals surface area contributed by atoms with E-state index in [0.29, 0.717) is 0 Å². The van der Waals surface area contributed by atoms with Crippen LogP contribution in [0.1, 0.15) is 41.0 Å². The average molecular weight is 419 g/mol. The van der Waals surface area contributed by atoms with E-state index in [-0.39, 0.29) is 30.2 Å². The van der Waals surface area contributed by atoms with Crippen LogP contribution < -0.4 is 10.5 Å². The Morgan fingerprint density at radius 3 is 2.25 bits per heavy atom. The van der Waals surface area contributed by atoms with Crippen LogP contribution >= 0.6 is 0 Å². The Kier molecular flexibility index (Phi) is 8.68. The number of nitrogens with one attached hydrogen (secondary N) is 1. The van der Waals surface area contributed by atoms with Crippen molar-refractivity contribution in [1.82, 2.24) is 4.72 Å². The highest BCUT2D eigenvalue weighted by atomic mass is 32.2. The van der Waals surface area contributed by atoms with Crippen LogP contribution in [-0.2, 0) is 29.0 Å². The number of carbonyl (C=O) groups excluding carboxylic acids is 1. The molecule has 10 heteroatoms. The molecule has 1 aromatic carbocycles. The average Bonchev–Trinajstić information content (AvgIpc) is 2.51. The summed E-state index contributed by atoms with van der Waals surface area (Å²) in [6.45, 7) is 9.04. The van der Waals surface area contributed by atoms with Gasteiger partial charge in [-0.15, -0.1) is 0 Å². The van der Waals surface area contributed by atoms with Crippen LogP contribution in [0.5, 0.6) is 5.75 Å². The van der Waals surface area contributed by atoms with Crippen LogP contribution in [0.3, 0.4) is 0 Å². The van der Waals surface area contributed by atoms with Crippen molar-refractivity contribution in [2.24, 2.45) is 0 Å². The van der Waals surface area contributed by atoms with Crippen molar-refractivity contribution in [3.8, 4) is 5.75 Å². The Hall–Kier alpha value is -1.88. The number of hydrogen-bond donors (Lipinski definition) is 3. The summed E-state index contributed by atoms with van der Waals surface area (Å²) in [6.07, 6.45) is -1.34. The van der Waals surface area contributed by atoms with E-state index in [0.717, 1.165) is 6.07 Å². The van der Waals surface area contributed by atoms with Gasteiger partial charge < -0.3 is 25.1 Å². The van der Waals surface area contributed by atoms with E-state index >= 15 is 0 Å². The highest BCUT2D eigenvalue weighted by Gasteiger charge is 2.33. The molecule has 1 rings (SSSR count). The molecule has 1 aromatic rings. The van der Waals surface area contributed by atoms with Gasteiger partial charge in [0.1, 0.15) is 16.2 Å². The largest absolute Gasteiger partial charge is 0.506 e. The molecule has 160 valence electrons. The normalized spacial score (nSPS) is 13.5. The molecule has 0 bridgehead atoms. The second-order valence-corrected chi connectivity index (χ2v) is 8.71. The van der Waals surface area contributed by atoms with Crippen LogP contribution in [0.2, 0.25) is 0 Å². The summed E-state index contributed by atoms with van der Waals surface area (Å²) in [7, 11) is -4.20. The third-order valence-corrected chi connectivity index (χ3v) is 4.91. The maximum atomic E-state index is 12.8. The van der Waals surface area contributed by atoms with Crippen LogP contribution in [-0.4, -0.2) is 50.6 Å². The summed E-state index contributed by atoms with van der Waals surface area (Å²) < 4.78 is 44.2. The Balaban J connectivity index is 3.16. The van der Waals surface area contributed by atoms with Gasteiger partial charge in [-0.3, -0.25) is 4.79 Å². The zero-order valence-corrected chi connectivity index (χ0v) is 17.7. The van der Waals surface area contributed by atoms with E-state index < -0.39 is 39.7 Å². The number of sulfonamides is 1. The van der Waals surface area contributed by atoms with E-state index in [1.54, 1.807) is 34.6 Å². The molecule has 9 nitrogen and oxygen atoms in total. The minimum Gasteiger partial charge on any atom is -0.506 e. The molecule has 0 aliphatic rings. The number of aromatic hydroxyl groups is 1. The van der Waals surface area contributed by atoms with Gasteiger partial charge in [0.15, 0.2) is 6.29 Å². The number of hydrogen-bond acceptors (Lipinski definition) is 8. The van der Waals surface area contributed by atoms with Crippen molar-refractivity contribution in [1.29, 1.82) is 0 Å². The first-order chi connectivity index (χ1) is 12.9. The van der Waals surface area contributed by atoms with Crippen molar-refractivity contribution in [3.05, 3.63) is 18.2 Å². The molecular weight excluding hydrogens is 388 g/mol. The molecular formula is C18H30N2O7S. The summed E-state index contributed by atoms with van der Waals surface area (Å²) in [5.74, 6) is -1.13. The first-order valence-electron chi connectivity index (χ1n) is 8.95. The number of benzene rings is 1. The summed E-state index contributed by atoms with van der Waals surface area (Å²) in [5, 5.41) is 9.97. The Morgan fingerprint density at radius 2 is 1.79 bits per heavy atom. The van der Waals surface area contributed by atoms with Gasteiger partial charge in [0.05, 0.1) is 12.5 Å². The van der Waals surface area contributed by atoms with Crippen molar-refractivity contribution >= 4 is 21.7 Å². The second kappa shape index (κ2) is 10.1. The smallest absolute Gasteiger partial charge is 0.308 e. The molecule has 0 fully saturated rings. The third kappa shape index (κ3) is 7.63. The third-order valence-electron chi connectivity index (χ3n) is 3.38. The number of ether oxygens (including phenoxy) is 3. The lowest BCUT2D eigenvalue weighted by molar-refractivity contribution is -0.169. The number of nitrogen functional groups attached to an aromatic ring is 1. The van der Waals surface area contributed by atoms with Gasteiger partial charge in [0, 0.05) is 25.0 Å². The lowest BCUT2D eigenvalue weighted by Crippen LogP contribution is -2.47. The molecule has 0 radical (unpaired) electrons. The monoisotopic (exact) mass is 418 g/mol. The van der Waals surface area contributed by atoms with Crippen molar-refractivity contribution < 1.29 is 32.5 Å². The maximum absolute atomic E-state index is 12.8. The molecule has 0 spiro atoms. The van der Waals surface area contributed by atoms with Crippen LogP contribution in [0.4, 0.5) is 5.69 Å². The Bertz CT molecular complexity index is 754. The number of esters is 1. The highest BCUT2D eigenvalue weighted by Crippen LogP contribution is 2.25. The lowest BCUT2D eigenvalue weighted by Gasteiger charge is -2.28. The topological polar surface area (TPSA) is 137 Å². The van der Waals surface area contributed by atoms with Crippen LogP contribution in [0, 0.1) is 0 Å². The molecule has 0 saturated heterocycles. The molecule has 0 saturated carbocycles. The predicted octanol–water partition coefficient (Wildman–Crippen LogP) is 1.75. The van der Waals surface area contributed by atoms with Gasteiger partial charge in [0.25, 0.3) is 0 Å². The maximum Gasteiger partial charge on any atom is 0.308 e. The molecule has 0 aliphatic carbocycles. The number of anilines is 1. The SMILES string of the molecule is CCOC(OCC)C(CC(=O)OC(C)(C)C)NS(=O)(=O)c1ccc(N)cc1O. The van der Waals surface area contributed by atoms with E-state index in [1.165, 1.54) is 12.1 Å². The lowest BCUT2D eigenvalue weighted by atomic mass is 10.1. The molecule has 1 unspecified atom stereocenters. The molecule has 28 heavy (non-hydrogen) atoms. The quantitative estimate of drug-likeness (QED) is 0.297. The van der Waals surface area contributed by atoms with Crippen LogP contribution in [0.15, 0.2) is 23.1 Å². The van der Waals surface area contributed by atoms with Crippen molar-refractivity contribution in [2.75, 3.05) is 18.9 Å². The van der Waals surface area contributed by atoms with E-state index in [2.05, 4.69) is 4.72 Å². The fourth-order valence-corrected chi connectivity index (χ4v) is 3.69. The van der Waals surface area contributed by atoms with E-state index in [9.17, 15) is 18.3 Å². The minimum atomic E-state index is -4.20. The zero-order valence-electron chi connectivity index (χ0n) is 16.9. The van der Waals surface area contributed by atoms with Gasteiger partial charge in [-0.1, -0.05) is 0 Å². The van der Waals surface area contributed by atoms with Gasteiger partial charge in [0.2, 0.25) is 10.0 Å². The van der Waals surface area contributed by atoms with Crippen molar-refractivity contribution in [3.63, 3.8) is 0 Å². The van der Waals surface area contributed by atoms with Crippen molar-refractivity contribution in [2.45, 2.75) is 63.9 Å². The minimum absolute atomic E-state index is 0.211. The molecule has 0 aromatic heterocycles. The van der Waals surface area contributed by atoms with Gasteiger partial charge in [-0.05, 0) is 46.8 Å². The summed E-state index contributed by atoms with van der Waals surface area (Å²) in [5.41, 5.74) is 5.03. The summed E-state index contributed by atoms with van der Waals surface area (Å²) in [6, 6.07) is 2.57. The zero-order chi connectivity index (χ0) is 21.5. The fourth-order valence-electron chi connectivity index (χ4n) is 2.39. The standard InChI is InChI=1S/C18H30N2O7S/c1-6-25-17(26-7-2)13(11-16(22)27-18(3,4)5)20-28(23,24)15-9-8-12(19)10-14(15)21/h8-10,13,17,20-21H,6-7,11,19H2,1-5H3. The molecule has 0 heterocycles. The summed E-state index contributed by atoms with van der Waals surface area (Å²) in [4.78, 5) is 11.9. The van der Waals surface area contributed by atoms with E-state index in [1.807, 2.05) is 0 Å². The molecule has 1 atom stereocenters. The van der Waals surface area contributed by atoms with Gasteiger partial charge in [-0.2, -0.15) is 0 Å². The highest BCUT2D eigenvalue weighted by molar-refractivity contribution is 7.89. The summed E-state index contributed by atoms with van der Waals surface area (Å²) >= 11 is 0. The Labute approximate surface area is 166 Å². The van der Waals surface area contributed by atoms with Crippen LogP contribution in [0.25, 0.3) is 0 Å². The second-order valence-electron chi connectivity index (χ2n) is 7.02. The van der Waals surface area contributed by atoms with Gasteiger partial charge in [-0.25, -0.2) is 13.1 Å². The number of rotatable bonds is 10. The first kappa shape index (κ1) is 24.2. The fraction of sp³-hybridized carbons (Fsp3) is 0.611. The van der Waals surface area contributed by atoms with E-state index in [4.69, 9.17) is 19.9 Å². The molecule has 0 aliphatic heterocycles.